The smallest absolute Gasteiger partial charge is 0.259 e. The summed E-state index contributed by atoms with van der Waals surface area (Å²) in [6.45, 7) is 3.38. The van der Waals surface area contributed by atoms with Crippen LogP contribution in [0, 0.1) is 19.8 Å². The van der Waals surface area contributed by atoms with Gasteiger partial charge in [-0.3, -0.25) is 14.4 Å². The van der Waals surface area contributed by atoms with E-state index < -0.39 is 34.4 Å². The van der Waals surface area contributed by atoms with E-state index in [-0.39, 0.29) is 56.2 Å². The normalized spacial score (nSPS) is 19.8. The Kier molecular flexibility index (Phi) is 5.70. The molecule has 0 spiro atoms. The molecule has 0 amide bonds. The molecule has 3 aromatic carbocycles. The van der Waals surface area contributed by atoms with Crippen molar-refractivity contribution in [3.8, 4) is 23.0 Å². The van der Waals surface area contributed by atoms with Gasteiger partial charge in [0.2, 0.25) is 5.78 Å². The van der Waals surface area contributed by atoms with Crippen molar-refractivity contribution < 1.29 is 34.0 Å². The number of aliphatic hydroxyl groups is 1. The maximum atomic E-state index is 14.5. The number of halogens is 1. The predicted octanol–water partition coefficient (Wildman–Crippen LogP) is 4.51. The van der Waals surface area contributed by atoms with E-state index in [4.69, 9.17) is 25.8 Å². The van der Waals surface area contributed by atoms with Gasteiger partial charge in [-0.1, -0.05) is 17.7 Å². The number of rotatable bonds is 3. The van der Waals surface area contributed by atoms with Gasteiger partial charge in [0.15, 0.2) is 17.1 Å². The first kappa shape index (κ1) is 26.2. The lowest BCUT2D eigenvalue weighted by molar-refractivity contribution is -0.0133. The van der Waals surface area contributed by atoms with Gasteiger partial charge in [0.1, 0.15) is 22.3 Å². The summed E-state index contributed by atoms with van der Waals surface area (Å²) in [5.41, 5.74) is -1.40. The zero-order valence-electron chi connectivity index (χ0n) is 22.4. The number of aromatic nitrogens is 1. The molecule has 2 unspecified atom stereocenters. The summed E-state index contributed by atoms with van der Waals surface area (Å²) >= 11 is 6.46. The summed E-state index contributed by atoms with van der Waals surface area (Å²) < 4.78 is 16.6. The molecule has 0 radical (unpaired) electrons. The Hall–Kier alpha value is -4.08. The van der Waals surface area contributed by atoms with Crippen LogP contribution in [0.1, 0.15) is 49.5 Å². The molecule has 0 saturated heterocycles. The van der Waals surface area contributed by atoms with Gasteiger partial charge in [-0.15, -0.1) is 0 Å². The molecule has 9 nitrogen and oxygen atoms in total. The lowest BCUT2D eigenvalue weighted by Crippen LogP contribution is -2.53. The number of benzene rings is 3. The van der Waals surface area contributed by atoms with Crippen LogP contribution >= 0.6 is 11.6 Å². The average molecular weight is 564 g/mol. The SMILES string of the molecule is COc1cc2c(C)c3c(c(O)c2c(OC)c1Cl)C(=O)C1CCc2cc4cc(C)[nH]c(=O)c4c(OC)c2C1(O)C3=O. The highest BCUT2D eigenvalue weighted by Crippen LogP contribution is 2.56. The zero-order chi connectivity index (χ0) is 28.8. The minimum atomic E-state index is -2.33. The number of methoxy groups -OCH3 is 3. The fourth-order valence-corrected chi connectivity index (χ4v) is 6.93. The van der Waals surface area contributed by atoms with Crippen LogP contribution in [-0.2, 0) is 12.0 Å². The number of Topliss-reactive ketones (excluding diaryl/α,β-unsaturated/α-hetero) is 2. The average Bonchev–Trinajstić information content (AvgIpc) is 2.92. The van der Waals surface area contributed by atoms with Crippen LogP contribution in [0.5, 0.6) is 23.0 Å². The Balaban J connectivity index is 1.73. The van der Waals surface area contributed by atoms with Crippen molar-refractivity contribution in [3.05, 3.63) is 67.1 Å². The third kappa shape index (κ3) is 3.10. The van der Waals surface area contributed by atoms with E-state index in [9.17, 15) is 24.6 Å². The van der Waals surface area contributed by atoms with Crippen molar-refractivity contribution >= 4 is 44.7 Å². The number of carbonyl (C=O) groups excluding carboxylic acids is 2. The number of H-pyrrole nitrogens is 1. The summed E-state index contributed by atoms with van der Waals surface area (Å²) in [4.78, 5) is 44.4. The number of ketones is 2. The molecular formula is C30H26ClNO8. The first-order chi connectivity index (χ1) is 19.0. The van der Waals surface area contributed by atoms with E-state index in [0.717, 1.165) is 0 Å². The maximum Gasteiger partial charge on any atom is 0.259 e. The molecule has 2 atom stereocenters. The number of aryl methyl sites for hydroxylation is 3. The van der Waals surface area contributed by atoms with E-state index in [1.807, 2.05) is 0 Å². The molecule has 0 fully saturated rings. The first-order valence-corrected chi connectivity index (χ1v) is 13.0. The molecule has 2 aliphatic rings. The molecule has 1 heterocycles. The molecule has 0 bridgehead atoms. The van der Waals surface area contributed by atoms with Gasteiger partial charge in [0, 0.05) is 16.8 Å². The fourth-order valence-electron chi connectivity index (χ4n) is 6.62. The second kappa shape index (κ2) is 8.71. The minimum Gasteiger partial charge on any atom is -0.506 e. The highest BCUT2D eigenvalue weighted by molar-refractivity contribution is 6.35. The summed E-state index contributed by atoms with van der Waals surface area (Å²) in [7, 11) is 4.15. The molecule has 0 aliphatic heterocycles. The summed E-state index contributed by atoms with van der Waals surface area (Å²) in [5.74, 6) is -2.67. The number of carbonyl (C=O) groups is 2. The van der Waals surface area contributed by atoms with Crippen molar-refractivity contribution in [2.45, 2.75) is 32.3 Å². The van der Waals surface area contributed by atoms with Crippen molar-refractivity contribution in [2.24, 2.45) is 5.92 Å². The van der Waals surface area contributed by atoms with Crippen LogP contribution < -0.4 is 19.8 Å². The number of aromatic amines is 1. The summed E-state index contributed by atoms with van der Waals surface area (Å²) in [5, 5.41) is 25.2. The molecule has 1 aromatic heterocycles. The molecule has 3 N–H and O–H groups in total. The number of hydrogen-bond acceptors (Lipinski definition) is 8. The van der Waals surface area contributed by atoms with Gasteiger partial charge < -0.3 is 29.4 Å². The molecule has 206 valence electrons. The minimum absolute atomic E-state index is 0.0448. The summed E-state index contributed by atoms with van der Waals surface area (Å²) in [6, 6.07) is 5.10. The predicted molar refractivity (Wildman–Crippen MR) is 149 cm³/mol. The highest BCUT2D eigenvalue weighted by atomic mass is 35.5. The van der Waals surface area contributed by atoms with Crippen molar-refractivity contribution in [1.29, 1.82) is 0 Å². The number of phenolic OH excluding ortho intramolecular Hbond substituents is 1. The molecule has 40 heavy (non-hydrogen) atoms. The topological polar surface area (TPSA) is 135 Å². The molecule has 2 aliphatic carbocycles. The second-order valence-corrected chi connectivity index (χ2v) is 10.7. The van der Waals surface area contributed by atoms with Crippen molar-refractivity contribution in [1.82, 2.24) is 4.98 Å². The van der Waals surface area contributed by atoms with E-state index in [1.165, 1.54) is 21.3 Å². The molecular weight excluding hydrogens is 538 g/mol. The van der Waals surface area contributed by atoms with Gasteiger partial charge in [0.25, 0.3) is 5.56 Å². The van der Waals surface area contributed by atoms with Gasteiger partial charge in [0.05, 0.1) is 43.6 Å². The fraction of sp³-hybridized carbons (Fsp3) is 0.300. The Morgan fingerprint density at radius 1 is 0.975 bits per heavy atom. The molecule has 4 aromatic rings. The van der Waals surface area contributed by atoms with Gasteiger partial charge in [-0.05, 0) is 60.7 Å². The third-order valence-electron chi connectivity index (χ3n) is 8.35. The number of fused-ring (bicyclic) bond motifs is 6. The molecule has 10 heteroatoms. The van der Waals surface area contributed by atoms with Crippen LogP contribution in [0.25, 0.3) is 21.5 Å². The number of hydrogen-bond donors (Lipinski definition) is 3. The largest absolute Gasteiger partial charge is 0.506 e. The number of aromatic hydroxyl groups is 1. The van der Waals surface area contributed by atoms with Crippen molar-refractivity contribution in [2.75, 3.05) is 21.3 Å². The van der Waals surface area contributed by atoms with Gasteiger partial charge >= 0.3 is 0 Å². The number of nitrogens with one attached hydrogen (secondary N) is 1. The van der Waals surface area contributed by atoms with Crippen LogP contribution in [0.2, 0.25) is 5.02 Å². The Bertz CT molecular complexity index is 1890. The van der Waals surface area contributed by atoms with Crippen LogP contribution in [0.4, 0.5) is 0 Å². The third-order valence-corrected chi connectivity index (χ3v) is 8.70. The van der Waals surface area contributed by atoms with Crippen LogP contribution in [0.15, 0.2) is 23.0 Å². The number of pyridine rings is 1. The Labute approximate surface area is 233 Å². The quantitative estimate of drug-likeness (QED) is 0.331. The van der Waals surface area contributed by atoms with E-state index >= 15 is 0 Å². The van der Waals surface area contributed by atoms with Gasteiger partial charge in [-0.25, -0.2) is 0 Å². The van der Waals surface area contributed by atoms with E-state index in [0.29, 0.717) is 34.0 Å². The van der Waals surface area contributed by atoms with E-state index in [1.54, 1.807) is 32.0 Å². The number of phenols is 1. The maximum absolute atomic E-state index is 14.5. The standard InChI is InChI=1S/C30H26ClNO8/c1-11-8-14-9-13-6-7-16-24(33)21-18(28(35)30(16,37)22(13)26(39-4)19(14)29(36)32-11)12(2)15-10-17(38-3)23(31)27(40-5)20(15)25(21)34/h8-10,16,34,37H,6-7H2,1-5H3,(H,32,36). The Morgan fingerprint density at radius 3 is 2.33 bits per heavy atom. The van der Waals surface area contributed by atoms with Gasteiger partial charge in [-0.2, -0.15) is 0 Å². The number of ether oxygens (including phenoxy) is 3. The zero-order valence-corrected chi connectivity index (χ0v) is 23.2. The first-order valence-electron chi connectivity index (χ1n) is 12.7. The molecule has 0 saturated carbocycles. The summed E-state index contributed by atoms with van der Waals surface area (Å²) in [6.07, 6.45) is 0.482. The second-order valence-electron chi connectivity index (χ2n) is 10.3. The van der Waals surface area contributed by atoms with Crippen LogP contribution in [-0.4, -0.2) is 48.1 Å². The van der Waals surface area contributed by atoms with Crippen molar-refractivity contribution in [3.63, 3.8) is 0 Å². The Morgan fingerprint density at radius 2 is 1.68 bits per heavy atom. The lowest BCUT2D eigenvalue weighted by atomic mass is 9.60. The van der Waals surface area contributed by atoms with E-state index in [2.05, 4.69) is 4.98 Å². The molecule has 6 rings (SSSR count). The highest BCUT2D eigenvalue weighted by Gasteiger charge is 2.59. The monoisotopic (exact) mass is 563 g/mol. The lowest BCUT2D eigenvalue weighted by Gasteiger charge is -2.44. The van der Waals surface area contributed by atoms with Crippen LogP contribution in [0.3, 0.4) is 0 Å².